The zero-order valence-electron chi connectivity index (χ0n) is 12.8. The standard InChI is InChI=1S/C16H18N2O5/c1-22-14-6-3-2-5-13(14)18(10-4-9-17)11-12-23-16(21)8-7-15(19)20/h2-3,5-8H,4,10-12H2,1H3,(H,19,20). The number of hydrogen-bond donors (Lipinski definition) is 1. The van der Waals surface area contributed by atoms with Gasteiger partial charge < -0.3 is 19.5 Å². The molecule has 0 radical (unpaired) electrons. The predicted molar refractivity (Wildman–Crippen MR) is 83.2 cm³/mol. The van der Waals surface area contributed by atoms with Crippen LogP contribution >= 0.6 is 0 Å². The van der Waals surface area contributed by atoms with Crippen molar-refractivity contribution in [1.82, 2.24) is 0 Å². The average Bonchev–Trinajstić information content (AvgIpc) is 2.56. The number of hydrogen-bond acceptors (Lipinski definition) is 6. The van der Waals surface area contributed by atoms with Crippen LogP contribution in [0.1, 0.15) is 6.42 Å². The molecule has 0 aliphatic carbocycles. The second-order valence-corrected chi connectivity index (χ2v) is 4.41. The van der Waals surface area contributed by atoms with Gasteiger partial charge in [0.2, 0.25) is 0 Å². The van der Waals surface area contributed by atoms with Crippen LogP contribution in [0.15, 0.2) is 36.4 Å². The zero-order valence-corrected chi connectivity index (χ0v) is 12.8. The van der Waals surface area contributed by atoms with Crippen LogP contribution < -0.4 is 9.64 Å². The topological polar surface area (TPSA) is 99.9 Å². The Morgan fingerprint density at radius 1 is 1.30 bits per heavy atom. The minimum Gasteiger partial charge on any atom is -0.495 e. The lowest BCUT2D eigenvalue weighted by atomic mass is 10.2. The molecule has 0 bridgehead atoms. The van der Waals surface area contributed by atoms with Gasteiger partial charge in [0.05, 0.1) is 31.8 Å². The molecule has 1 aromatic rings. The number of carboxylic acids is 1. The number of para-hydroxylation sites is 2. The fourth-order valence-corrected chi connectivity index (χ4v) is 1.87. The molecule has 0 fully saturated rings. The highest BCUT2D eigenvalue weighted by atomic mass is 16.5. The van der Waals surface area contributed by atoms with E-state index in [2.05, 4.69) is 6.07 Å². The van der Waals surface area contributed by atoms with Crippen LogP contribution in [-0.4, -0.2) is 43.9 Å². The molecule has 1 aromatic carbocycles. The first-order valence-electron chi connectivity index (χ1n) is 6.91. The molecular weight excluding hydrogens is 300 g/mol. The lowest BCUT2D eigenvalue weighted by Gasteiger charge is -2.25. The summed E-state index contributed by atoms with van der Waals surface area (Å²) in [6.07, 6.45) is 1.88. The van der Waals surface area contributed by atoms with E-state index in [1.54, 1.807) is 13.2 Å². The van der Waals surface area contributed by atoms with Gasteiger partial charge in [-0.3, -0.25) is 0 Å². The SMILES string of the molecule is COc1ccccc1N(CCC#N)CCOC(=O)C=CC(=O)O. The largest absolute Gasteiger partial charge is 0.495 e. The van der Waals surface area contributed by atoms with E-state index in [0.29, 0.717) is 25.3 Å². The summed E-state index contributed by atoms with van der Waals surface area (Å²) in [6, 6.07) is 9.40. The Morgan fingerprint density at radius 3 is 2.70 bits per heavy atom. The summed E-state index contributed by atoms with van der Waals surface area (Å²) >= 11 is 0. The number of carbonyl (C=O) groups is 2. The number of nitrogens with zero attached hydrogens (tertiary/aromatic N) is 2. The van der Waals surface area contributed by atoms with Gasteiger partial charge in [0.1, 0.15) is 12.4 Å². The number of methoxy groups -OCH3 is 1. The summed E-state index contributed by atoms with van der Waals surface area (Å²) in [4.78, 5) is 23.5. The molecule has 0 unspecified atom stereocenters. The number of rotatable bonds is 9. The van der Waals surface area contributed by atoms with E-state index < -0.39 is 11.9 Å². The van der Waals surface area contributed by atoms with Crippen LogP contribution in [0.5, 0.6) is 5.75 Å². The quantitative estimate of drug-likeness (QED) is 0.545. The number of carbonyl (C=O) groups excluding carboxylic acids is 1. The van der Waals surface area contributed by atoms with Gasteiger partial charge in [-0.2, -0.15) is 5.26 Å². The molecule has 0 saturated heterocycles. The van der Waals surface area contributed by atoms with Crippen molar-refractivity contribution in [2.24, 2.45) is 0 Å². The molecule has 0 saturated carbocycles. The molecule has 0 aliphatic rings. The Kier molecular flexibility index (Phi) is 7.72. The maximum absolute atomic E-state index is 11.3. The summed E-state index contributed by atoms with van der Waals surface area (Å²) in [7, 11) is 1.55. The number of ether oxygens (including phenoxy) is 2. The minimum atomic E-state index is -1.22. The monoisotopic (exact) mass is 318 g/mol. The highest BCUT2D eigenvalue weighted by molar-refractivity contribution is 5.90. The van der Waals surface area contributed by atoms with E-state index in [1.165, 1.54) is 0 Å². The minimum absolute atomic E-state index is 0.0618. The summed E-state index contributed by atoms with van der Waals surface area (Å²) in [6.45, 7) is 0.875. The second kappa shape index (κ2) is 9.84. The van der Waals surface area contributed by atoms with Crippen LogP contribution in [0.25, 0.3) is 0 Å². The third-order valence-corrected chi connectivity index (χ3v) is 2.89. The van der Waals surface area contributed by atoms with Crippen molar-refractivity contribution < 1.29 is 24.2 Å². The van der Waals surface area contributed by atoms with Crippen molar-refractivity contribution >= 4 is 17.6 Å². The van der Waals surface area contributed by atoms with Crippen molar-refractivity contribution in [3.8, 4) is 11.8 Å². The zero-order chi connectivity index (χ0) is 17.1. The molecule has 0 amide bonds. The third kappa shape index (κ3) is 6.52. The molecule has 7 nitrogen and oxygen atoms in total. The number of nitriles is 1. The van der Waals surface area contributed by atoms with Crippen molar-refractivity contribution in [3.63, 3.8) is 0 Å². The Labute approximate surface area is 134 Å². The summed E-state index contributed by atoms with van der Waals surface area (Å²) in [5.41, 5.74) is 0.794. The number of benzene rings is 1. The maximum Gasteiger partial charge on any atom is 0.331 e. The summed E-state index contributed by atoms with van der Waals surface area (Å²) in [5.74, 6) is -1.29. The van der Waals surface area contributed by atoms with Crippen LogP contribution in [0.3, 0.4) is 0 Å². The molecule has 0 aliphatic heterocycles. The van der Waals surface area contributed by atoms with Gasteiger partial charge in [-0.25, -0.2) is 9.59 Å². The van der Waals surface area contributed by atoms with E-state index in [-0.39, 0.29) is 6.61 Å². The number of aliphatic carboxylic acids is 1. The molecule has 0 spiro atoms. The third-order valence-electron chi connectivity index (χ3n) is 2.89. The van der Waals surface area contributed by atoms with Gasteiger partial charge in [-0.15, -0.1) is 0 Å². The Bertz CT molecular complexity index is 607. The fourth-order valence-electron chi connectivity index (χ4n) is 1.87. The van der Waals surface area contributed by atoms with E-state index in [0.717, 1.165) is 17.8 Å². The summed E-state index contributed by atoms with van der Waals surface area (Å²) in [5, 5.41) is 17.2. The van der Waals surface area contributed by atoms with E-state index in [9.17, 15) is 9.59 Å². The van der Waals surface area contributed by atoms with Gasteiger partial charge >= 0.3 is 11.9 Å². The second-order valence-electron chi connectivity index (χ2n) is 4.41. The lowest BCUT2D eigenvalue weighted by Crippen LogP contribution is -2.29. The molecule has 1 rings (SSSR count). The highest BCUT2D eigenvalue weighted by Gasteiger charge is 2.12. The van der Waals surface area contributed by atoms with Crippen LogP contribution in [0, 0.1) is 11.3 Å². The summed E-state index contributed by atoms with van der Waals surface area (Å²) < 4.78 is 10.2. The molecule has 0 aromatic heterocycles. The molecule has 1 N–H and O–H groups in total. The maximum atomic E-state index is 11.3. The number of anilines is 1. The van der Waals surface area contributed by atoms with Gasteiger partial charge in [0, 0.05) is 18.7 Å². The van der Waals surface area contributed by atoms with Crippen molar-refractivity contribution in [2.45, 2.75) is 6.42 Å². The molecule has 0 atom stereocenters. The van der Waals surface area contributed by atoms with Gasteiger partial charge in [-0.1, -0.05) is 12.1 Å². The molecule has 0 heterocycles. The van der Waals surface area contributed by atoms with E-state index in [1.807, 2.05) is 23.1 Å². The lowest BCUT2D eigenvalue weighted by molar-refractivity contribution is -0.138. The molecule has 122 valence electrons. The Morgan fingerprint density at radius 2 is 2.04 bits per heavy atom. The highest BCUT2D eigenvalue weighted by Crippen LogP contribution is 2.27. The van der Waals surface area contributed by atoms with Gasteiger partial charge in [0.15, 0.2) is 0 Å². The van der Waals surface area contributed by atoms with Gasteiger partial charge in [-0.05, 0) is 12.1 Å². The Hall–Kier alpha value is -3.01. The first-order chi connectivity index (χ1) is 11.1. The fraction of sp³-hybridized carbons (Fsp3) is 0.312. The van der Waals surface area contributed by atoms with Crippen molar-refractivity contribution in [1.29, 1.82) is 5.26 Å². The molecular formula is C16H18N2O5. The normalized spacial score (nSPS) is 10.1. The van der Waals surface area contributed by atoms with Gasteiger partial charge in [0.25, 0.3) is 0 Å². The van der Waals surface area contributed by atoms with Crippen LogP contribution in [0.2, 0.25) is 0 Å². The van der Waals surface area contributed by atoms with Crippen LogP contribution in [-0.2, 0) is 14.3 Å². The smallest absolute Gasteiger partial charge is 0.331 e. The molecule has 23 heavy (non-hydrogen) atoms. The Balaban J connectivity index is 2.67. The number of carboxylic acid groups (broad SMARTS) is 1. The molecule has 7 heteroatoms. The van der Waals surface area contributed by atoms with Crippen molar-refractivity contribution in [3.05, 3.63) is 36.4 Å². The predicted octanol–water partition coefficient (Wildman–Crippen LogP) is 1.60. The number of esters is 1. The van der Waals surface area contributed by atoms with E-state index >= 15 is 0 Å². The van der Waals surface area contributed by atoms with E-state index in [4.69, 9.17) is 19.8 Å². The van der Waals surface area contributed by atoms with Crippen LogP contribution in [0.4, 0.5) is 5.69 Å². The van der Waals surface area contributed by atoms with Crippen molar-refractivity contribution in [2.75, 3.05) is 31.7 Å². The average molecular weight is 318 g/mol. The first kappa shape index (κ1) is 18.0. The first-order valence-corrected chi connectivity index (χ1v) is 6.91.